The van der Waals surface area contributed by atoms with Crippen molar-refractivity contribution in [2.24, 2.45) is 5.92 Å². The topological polar surface area (TPSA) is 15.3 Å². The predicted octanol–water partition coefficient (Wildman–Crippen LogP) is 4.08. The number of piperazine rings is 1. The lowest BCUT2D eigenvalue weighted by molar-refractivity contribution is 0.0639. The van der Waals surface area contributed by atoms with E-state index in [0.29, 0.717) is 11.6 Å². The molecule has 2 nitrogen and oxygen atoms in total. The van der Waals surface area contributed by atoms with Crippen molar-refractivity contribution in [3.8, 4) is 0 Å². The molecular formula is C18H27ClN2. The highest BCUT2D eigenvalue weighted by molar-refractivity contribution is 6.31. The summed E-state index contributed by atoms with van der Waals surface area (Å²) in [6, 6.07) is 8.92. The number of rotatable bonds is 5. The zero-order valence-corrected chi connectivity index (χ0v) is 14.0. The molecule has 116 valence electrons. The number of hydrogen-bond acceptors (Lipinski definition) is 2. The maximum Gasteiger partial charge on any atom is 0.0451 e. The van der Waals surface area contributed by atoms with Gasteiger partial charge in [0.15, 0.2) is 0 Å². The number of hydrogen-bond donors (Lipinski definition) is 1. The van der Waals surface area contributed by atoms with E-state index in [1.54, 1.807) is 0 Å². The second-order valence-electron chi connectivity index (χ2n) is 7.01. The first-order valence-electron chi connectivity index (χ1n) is 8.35. The summed E-state index contributed by atoms with van der Waals surface area (Å²) in [5.74, 6) is 0.869. The maximum absolute atomic E-state index is 6.37. The number of halogens is 1. The van der Waals surface area contributed by atoms with Gasteiger partial charge in [-0.1, -0.05) is 43.1 Å². The zero-order chi connectivity index (χ0) is 14.9. The first kappa shape index (κ1) is 15.3. The van der Waals surface area contributed by atoms with Crippen LogP contribution in [0, 0.1) is 5.92 Å². The van der Waals surface area contributed by atoms with E-state index in [9.17, 15) is 0 Å². The van der Waals surface area contributed by atoms with Crippen LogP contribution >= 0.6 is 11.6 Å². The van der Waals surface area contributed by atoms with E-state index in [0.717, 1.165) is 30.6 Å². The van der Waals surface area contributed by atoms with E-state index < -0.39 is 0 Å². The third kappa shape index (κ3) is 3.44. The molecule has 0 amide bonds. The van der Waals surface area contributed by atoms with Gasteiger partial charge in [0, 0.05) is 36.2 Å². The fraction of sp³-hybridized carbons (Fsp3) is 0.667. The van der Waals surface area contributed by atoms with Crippen LogP contribution in [0.2, 0.25) is 5.02 Å². The molecule has 3 heteroatoms. The van der Waals surface area contributed by atoms with Gasteiger partial charge < -0.3 is 5.32 Å². The van der Waals surface area contributed by atoms with Crippen LogP contribution in [-0.4, -0.2) is 29.6 Å². The van der Waals surface area contributed by atoms with Crippen LogP contribution in [0.3, 0.4) is 0 Å². The highest BCUT2D eigenvalue weighted by Gasteiger charge is 2.45. The van der Waals surface area contributed by atoms with Crippen molar-refractivity contribution in [2.45, 2.75) is 57.7 Å². The summed E-state index contributed by atoms with van der Waals surface area (Å²) in [4.78, 5) is 2.67. The molecule has 1 aromatic rings. The quantitative estimate of drug-likeness (QED) is 0.881. The molecule has 21 heavy (non-hydrogen) atoms. The summed E-state index contributed by atoms with van der Waals surface area (Å²) in [6.45, 7) is 7.93. The molecule has 1 aliphatic heterocycles. The van der Waals surface area contributed by atoms with Crippen molar-refractivity contribution >= 4 is 11.6 Å². The first-order chi connectivity index (χ1) is 10.1. The lowest BCUT2D eigenvalue weighted by atomic mass is 9.89. The van der Waals surface area contributed by atoms with Crippen LogP contribution in [0.5, 0.6) is 0 Å². The summed E-state index contributed by atoms with van der Waals surface area (Å²) in [5.41, 5.74) is 1.56. The molecule has 2 unspecified atom stereocenters. The minimum absolute atomic E-state index is 0.297. The van der Waals surface area contributed by atoms with E-state index >= 15 is 0 Å². The molecule has 1 N–H and O–H groups in total. The Morgan fingerprint density at radius 2 is 2.10 bits per heavy atom. The van der Waals surface area contributed by atoms with Gasteiger partial charge in [0.25, 0.3) is 0 Å². The average Bonchev–Trinajstić information content (AvgIpc) is 3.30. The van der Waals surface area contributed by atoms with E-state index in [4.69, 9.17) is 11.6 Å². The molecule has 2 atom stereocenters. The standard InChI is InChI=1S/C18H27ClN2/c1-3-6-16-11-20-18(2,15-9-10-15)13-21(16)12-14-7-4-5-8-17(14)19/h4-5,7-8,15-16,20H,3,6,9-13H2,1-2H3. The Labute approximate surface area is 133 Å². The smallest absolute Gasteiger partial charge is 0.0451 e. The fourth-order valence-electron chi connectivity index (χ4n) is 3.73. The molecule has 2 aliphatic rings. The van der Waals surface area contributed by atoms with E-state index in [-0.39, 0.29) is 0 Å². The Bertz CT molecular complexity index is 486. The van der Waals surface area contributed by atoms with Crippen molar-refractivity contribution in [3.63, 3.8) is 0 Å². The third-order valence-electron chi connectivity index (χ3n) is 5.22. The summed E-state index contributed by atoms with van der Waals surface area (Å²) in [7, 11) is 0. The number of nitrogens with zero attached hydrogens (tertiary/aromatic N) is 1. The number of benzene rings is 1. The Morgan fingerprint density at radius 3 is 2.76 bits per heavy atom. The molecular weight excluding hydrogens is 280 g/mol. The van der Waals surface area contributed by atoms with Crippen molar-refractivity contribution in [2.75, 3.05) is 13.1 Å². The Kier molecular flexibility index (Phi) is 4.58. The molecule has 3 rings (SSSR count). The fourth-order valence-corrected chi connectivity index (χ4v) is 3.92. The monoisotopic (exact) mass is 306 g/mol. The van der Waals surface area contributed by atoms with Crippen LogP contribution in [-0.2, 0) is 6.54 Å². The van der Waals surface area contributed by atoms with Gasteiger partial charge in [0.2, 0.25) is 0 Å². The highest BCUT2D eigenvalue weighted by Crippen LogP contribution is 2.42. The molecule has 1 heterocycles. The molecule has 0 radical (unpaired) electrons. The predicted molar refractivity (Wildman–Crippen MR) is 89.7 cm³/mol. The molecule has 1 saturated heterocycles. The normalized spacial score (nSPS) is 30.5. The van der Waals surface area contributed by atoms with Gasteiger partial charge in [-0.15, -0.1) is 0 Å². The van der Waals surface area contributed by atoms with E-state index in [1.165, 1.54) is 31.2 Å². The van der Waals surface area contributed by atoms with Crippen LogP contribution in [0.4, 0.5) is 0 Å². The minimum atomic E-state index is 0.297. The van der Waals surface area contributed by atoms with Gasteiger partial charge in [0.05, 0.1) is 0 Å². The minimum Gasteiger partial charge on any atom is -0.308 e. The van der Waals surface area contributed by atoms with Crippen molar-refractivity contribution in [3.05, 3.63) is 34.9 Å². The van der Waals surface area contributed by atoms with Gasteiger partial charge in [-0.25, -0.2) is 0 Å². The van der Waals surface area contributed by atoms with Crippen LogP contribution in [0.25, 0.3) is 0 Å². The Hall–Kier alpha value is -0.570. The highest BCUT2D eigenvalue weighted by atomic mass is 35.5. The second kappa shape index (κ2) is 6.28. The second-order valence-corrected chi connectivity index (χ2v) is 7.42. The van der Waals surface area contributed by atoms with Crippen molar-refractivity contribution < 1.29 is 0 Å². The van der Waals surface area contributed by atoms with Gasteiger partial charge in [-0.3, -0.25) is 4.90 Å². The van der Waals surface area contributed by atoms with Gasteiger partial charge >= 0.3 is 0 Å². The van der Waals surface area contributed by atoms with E-state index in [1.807, 2.05) is 12.1 Å². The molecule has 0 aromatic heterocycles. The van der Waals surface area contributed by atoms with Gasteiger partial charge in [0.1, 0.15) is 0 Å². The van der Waals surface area contributed by atoms with Gasteiger partial charge in [-0.2, -0.15) is 0 Å². The van der Waals surface area contributed by atoms with Crippen LogP contribution in [0.1, 0.15) is 45.1 Å². The molecule has 1 aliphatic carbocycles. The van der Waals surface area contributed by atoms with Gasteiger partial charge in [-0.05, 0) is 43.7 Å². The lowest BCUT2D eigenvalue weighted by Crippen LogP contribution is -2.63. The van der Waals surface area contributed by atoms with Crippen molar-refractivity contribution in [1.29, 1.82) is 0 Å². The molecule has 1 aromatic carbocycles. The van der Waals surface area contributed by atoms with Crippen LogP contribution < -0.4 is 5.32 Å². The summed E-state index contributed by atoms with van der Waals surface area (Å²) < 4.78 is 0. The van der Waals surface area contributed by atoms with Crippen LogP contribution in [0.15, 0.2) is 24.3 Å². The summed E-state index contributed by atoms with van der Waals surface area (Å²) in [6.07, 6.45) is 5.29. The molecule has 1 saturated carbocycles. The first-order valence-corrected chi connectivity index (χ1v) is 8.72. The SMILES string of the molecule is CCCC1CNC(C)(C2CC2)CN1Cc1ccccc1Cl. The Balaban J connectivity index is 1.75. The number of nitrogens with one attached hydrogen (secondary N) is 1. The zero-order valence-electron chi connectivity index (χ0n) is 13.2. The largest absolute Gasteiger partial charge is 0.308 e. The third-order valence-corrected chi connectivity index (χ3v) is 5.59. The molecule has 2 fully saturated rings. The molecule has 0 spiro atoms. The lowest BCUT2D eigenvalue weighted by Gasteiger charge is -2.47. The molecule has 0 bridgehead atoms. The maximum atomic E-state index is 6.37. The van der Waals surface area contributed by atoms with Crippen molar-refractivity contribution in [1.82, 2.24) is 10.2 Å². The van der Waals surface area contributed by atoms with E-state index in [2.05, 4.69) is 36.2 Å². The summed E-state index contributed by atoms with van der Waals surface area (Å²) >= 11 is 6.37. The summed E-state index contributed by atoms with van der Waals surface area (Å²) in [5, 5.41) is 4.75. The average molecular weight is 307 g/mol. The Morgan fingerprint density at radius 1 is 1.33 bits per heavy atom.